The molecule has 1 aromatic carbocycles. The maximum Gasteiger partial charge on any atom is 0.187 e. The van der Waals surface area contributed by atoms with Crippen molar-refractivity contribution >= 4 is 37.7 Å². The summed E-state index contributed by atoms with van der Waals surface area (Å²) in [5.41, 5.74) is 3.20. The van der Waals surface area contributed by atoms with Crippen LogP contribution in [0.4, 0.5) is 9.52 Å². The van der Waals surface area contributed by atoms with Crippen LogP contribution < -0.4 is 10.2 Å². The van der Waals surface area contributed by atoms with E-state index < -0.39 is 0 Å². The van der Waals surface area contributed by atoms with Gasteiger partial charge in [0.1, 0.15) is 15.9 Å². The first-order valence-corrected chi connectivity index (χ1v) is 12.0. The second kappa shape index (κ2) is 6.71. The third-order valence-electron chi connectivity index (χ3n) is 7.27. The summed E-state index contributed by atoms with van der Waals surface area (Å²) in [6.45, 7) is 4.70. The number of benzene rings is 1. The van der Waals surface area contributed by atoms with Gasteiger partial charge in [-0.15, -0.1) is 0 Å². The third kappa shape index (κ3) is 3.19. The zero-order chi connectivity index (χ0) is 22.3. The summed E-state index contributed by atoms with van der Waals surface area (Å²) in [6, 6.07) is 7.83. The number of rotatable bonds is 3. The molecule has 6 rings (SSSR count). The highest BCUT2D eigenvalue weighted by Gasteiger charge is 2.49. The van der Waals surface area contributed by atoms with Gasteiger partial charge in [-0.3, -0.25) is 4.68 Å². The van der Waals surface area contributed by atoms with Crippen LogP contribution in [0, 0.1) is 5.82 Å². The van der Waals surface area contributed by atoms with E-state index in [2.05, 4.69) is 36.2 Å². The highest BCUT2D eigenvalue weighted by atomic mass is 32.1. The SMILES string of the molecule is CN(c1nc2ccc(-c3cc(F)c4nn(C)cc4c3)nc2s1)C1C[C@]2(C)CC[C@](C)(C1)N2. The number of nitrogens with zero attached hydrogens (tertiary/aromatic N) is 5. The van der Waals surface area contributed by atoms with Gasteiger partial charge < -0.3 is 10.2 Å². The molecule has 0 aliphatic carbocycles. The Bertz CT molecular complexity index is 1340. The Morgan fingerprint density at radius 1 is 1.16 bits per heavy atom. The van der Waals surface area contributed by atoms with E-state index in [1.165, 1.54) is 18.9 Å². The number of hydrogen-bond donors (Lipinski definition) is 1. The van der Waals surface area contributed by atoms with Gasteiger partial charge in [0.25, 0.3) is 0 Å². The molecule has 1 N–H and O–H groups in total. The molecule has 2 saturated heterocycles. The van der Waals surface area contributed by atoms with Gasteiger partial charge in [-0.1, -0.05) is 11.3 Å². The van der Waals surface area contributed by atoms with Crippen molar-refractivity contribution in [2.45, 2.75) is 56.7 Å². The van der Waals surface area contributed by atoms with Crippen LogP contribution in [0.3, 0.4) is 0 Å². The summed E-state index contributed by atoms with van der Waals surface area (Å²) < 4.78 is 16.2. The van der Waals surface area contributed by atoms with E-state index >= 15 is 0 Å². The van der Waals surface area contributed by atoms with Crippen LogP contribution in [-0.4, -0.2) is 43.9 Å². The fourth-order valence-corrected chi connectivity index (χ4v) is 6.70. The molecule has 166 valence electrons. The smallest absolute Gasteiger partial charge is 0.187 e. The lowest BCUT2D eigenvalue weighted by Crippen LogP contribution is -2.58. The maximum atomic E-state index is 14.6. The number of aryl methyl sites for hydroxylation is 1. The number of anilines is 1. The fourth-order valence-electron chi connectivity index (χ4n) is 5.73. The van der Waals surface area contributed by atoms with Crippen molar-refractivity contribution in [2.75, 3.05) is 11.9 Å². The second-order valence-corrected chi connectivity index (χ2v) is 11.1. The first kappa shape index (κ1) is 20.1. The second-order valence-electron chi connectivity index (χ2n) is 10.1. The Balaban J connectivity index is 1.33. The third-order valence-corrected chi connectivity index (χ3v) is 8.33. The molecule has 6 nitrogen and oxygen atoms in total. The Hall–Kier alpha value is -2.58. The van der Waals surface area contributed by atoms with E-state index in [4.69, 9.17) is 9.97 Å². The minimum atomic E-state index is -0.327. The average Bonchev–Trinajstić information content (AvgIpc) is 3.39. The monoisotopic (exact) mass is 450 g/mol. The number of fused-ring (bicyclic) bond motifs is 4. The topological polar surface area (TPSA) is 58.9 Å². The molecule has 8 heteroatoms. The summed E-state index contributed by atoms with van der Waals surface area (Å²) in [4.78, 5) is 12.9. The van der Waals surface area contributed by atoms with Gasteiger partial charge in [-0.25, -0.2) is 14.4 Å². The first-order valence-electron chi connectivity index (χ1n) is 11.1. The Morgan fingerprint density at radius 2 is 1.91 bits per heavy atom. The number of aromatic nitrogens is 4. The highest BCUT2D eigenvalue weighted by molar-refractivity contribution is 7.21. The zero-order valence-electron chi connectivity index (χ0n) is 18.8. The predicted molar refractivity (Wildman–Crippen MR) is 128 cm³/mol. The molecule has 3 aromatic heterocycles. The van der Waals surface area contributed by atoms with Crippen molar-refractivity contribution in [3.05, 3.63) is 36.3 Å². The molecule has 0 radical (unpaired) electrons. The molecule has 2 aliphatic rings. The molecule has 0 saturated carbocycles. The molecule has 2 aliphatic heterocycles. The minimum Gasteiger partial charge on any atom is -0.348 e. The predicted octanol–water partition coefficient (Wildman–Crippen LogP) is 4.88. The lowest BCUT2D eigenvalue weighted by atomic mass is 9.84. The average molecular weight is 451 g/mol. The van der Waals surface area contributed by atoms with Gasteiger partial charge >= 0.3 is 0 Å². The molecule has 2 fully saturated rings. The maximum absolute atomic E-state index is 14.6. The number of hydrogen-bond acceptors (Lipinski definition) is 6. The molecule has 0 spiro atoms. The van der Waals surface area contributed by atoms with Crippen molar-refractivity contribution in [1.29, 1.82) is 0 Å². The number of thiazole rings is 1. The quantitative estimate of drug-likeness (QED) is 0.482. The molecule has 2 bridgehead atoms. The minimum absolute atomic E-state index is 0.211. The molecule has 4 aromatic rings. The van der Waals surface area contributed by atoms with Crippen LogP contribution in [0.25, 0.3) is 32.5 Å². The number of nitrogens with one attached hydrogen (secondary N) is 1. The van der Waals surface area contributed by atoms with E-state index in [1.807, 2.05) is 24.4 Å². The van der Waals surface area contributed by atoms with Gasteiger partial charge in [0.15, 0.2) is 10.9 Å². The van der Waals surface area contributed by atoms with Crippen molar-refractivity contribution < 1.29 is 4.39 Å². The standard InChI is InChI=1S/C24H27FN6S/c1-23-7-8-24(2,29-23)12-16(11-23)31(4)22-27-19-6-5-18(26-21(19)32-22)14-9-15-13-30(3)28-20(15)17(25)10-14/h5-6,9-10,13,16,29H,7-8,11-12H2,1-4H3/t16?,23-,24+. The van der Waals surface area contributed by atoms with Crippen molar-refractivity contribution in [3.8, 4) is 11.3 Å². The van der Waals surface area contributed by atoms with E-state index in [0.29, 0.717) is 11.6 Å². The summed E-state index contributed by atoms with van der Waals surface area (Å²) >= 11 is 1.61. The van der Waals surface area contributed by atoms with Crippen LogP contribution in [0.2, 0.25) is 0 Å². The van der Waals surface area contributed by atoms with Gasteiger partial charge in [0, 0.05) is 48.4 Å². The van der Waals surface area contributed by atoms with Gasteiger partial charge in [-0.2, -0.15) is 5.10 Å². The lowest BCUT2D eigenvalue weighted by molar-refractivity contribution is 0.208. The number of pyridine rings is 1. The fraction of sp³-hybridized carbons (Fsp3) is 0.458. The summed E-state index contributed by atoms with van der Waals surface area (Å²) in [6.07, 6.45) is 6.54. The van der Waals surface area contributed by atoms with E-state index in [0.717, 1.165) is 45.0 Å². The molecule has 5 heterocycles. The Kier molecular flexibility index (Phi) is 4.21. The normalized spacial score (nSPS) is 27.5. The zero-order valence-corrected chi connectivity index (χ0v) is 19.6. The lowest BCUT2D eigenvalue weighted by Gasteiger charge is -2.45. The van der Waals surface area contributed by atoms with Gasteiger partial charge in [0.05, 0.1) is 5.69 Å². The molecule has 3 atom stereocenters. The number of halogens is 1. The van der Waals surface area contributed by atoms with Crippen LogP contribution in [0.5, 0.6) is 0 Å². The number of piperidine rings is 1. The highest BCUT2D eigenvalue weighted by Crippen LogP contribution is 2.44. The van der Waals surface area contributed by atoms with Crippen LogP contribution >= 0.6 is 11.3 Å². The van der Waals surface area contributed by atoms with Crippen molar-refractivity contribution in [2.24, 2.45) is 7.05 Å². The summed E-state index contributed by atoms with van der Waals surface area (Å²) in [7, 11) is 3.96. The molecule has 1 unspecified atom stereocenters. The van der Waals surface area contributed by atoms with Crippen molar-refractivity contribution in [1.82, 2.24) is 25.1 Å². The largest absolute Gasteiger partial charge is 0.348 e. The van der Waals surface area contributed by atoms with E-state index in [1.54, 1.807) is 23.1 Å². The van der Waals surface area contributed by atoms with E-state index in [-0.39, 0.29) is 16.9 Å². The molecule has 32 heavy (non-hydrogen) atoms. The van der Waals surface area contributed by atoms with Gasteiger partial charge in [0.2, 0.25) is 0 Å². The molecular formula is C24H27FN6S. The van der Waals surface area contributed by atoms with Gasteiger partial charge in [-0.05, 0) is 63.8 Å². The van der Waals surface area contributed by atoms with Crippen LogP contribution in [0.15, 0.2) is 30.5 Å². The van der Waals surface area contributed by atoms with Crippen LogP contribution in [-0.2, 0) is 7.05 Å². The van der Waals surface area contributed by atoms with Crippen LogP contribution in [0.1, 0.15) is 39.5 Å². The summed E-state index contributed by atoms with van der Waals surface area (Å²) in [5, 5.41) is 9.82. The first-order chi connectivity index (χ1) is 15.2. The molecule has 0 amide bonds. The van der Waals surface area contributed by atoms with Crippen molar-refractivity contribution in [3.63, 3.8) is 0 Å². The molecular weight excluding hydrogens is 423 g/mol. The van der Waals surface area contributed by atoms with E-state index in [9.17, 15) is 4.39 Å². The Morgan fingerprint density at radius 3 is 2.66 bits per heavy atom. The Labute approximate surface area is 190 Å². The summed E-state index contributed by atoms with van der Waals surface area (Å²) in [5.74, 6) is -0.327.